The van der Waals surface area contributed by atoms with Gasteiger partial charge in [-0.15, -0.1) is 0 Å². The van der Waals surface area contributed by atoms with Crippen molar-refractivity contribution in [3.63, 3.8) is 0 Å². The summed E-state index contributed by atoms with van der Waals surface area (Å²) in [6.45, 7) is 2.80. The molecular weight excluding hydrogens is 638 g/mol. The first-order valence-electron chi connectivity index (χ1n) is 16.6. The summed E-state index contributed by atoms with van der Waals surface area (Å²) in [5.74, 6) is -0.968. The quantitative estimate of drug-likeness (QED) is 0.167. The number of primary amides is 1. The molecule has 250 valence electrons. The lowest BCUT2D eigenvalue weighted by Crippen LogP contribution is -2.36. The molecule has 5 N–H and O–H groups in total. The SMILES string of the molecule is Cc1c(-c2ccn3c(=O)c(CNC[C@@H]4CCC(=O)N4)cnc3c2)cccc1-c1cccc(-c2ccc3c(c2)C[C@@H](C(CO)C(N)=O)C3)c1Cl. The van der Waals surface area contributed by atoms with Crippen molar-refractivity contribution in [2.24, 2.45) is 17.6 Å². The van der Waals surface area contributed by atoms with E-state index in [0.717, 1.165) is 50.9 Å². The minimum Gasteiger partial charge on any atom is -0.396 e. The van der Waals surface area contributed by atoms with Crippen LogP contribution >= 0.6 is 11.6 Å². The van der Waals surface area contributed by atoms with Gasteiger partial charge in [-0.1, -0.05) is 66.2 Å². The molecule has 5 aromatic rings. The highest BCUT2D eigenvalue weighted by atomic mass is 35.5. The molecule has 1 aliphatic heterocycles. The number of nitrogens with two attached hydrogens (primary N) is 1. The van der Waals surface area contributed by atoms with Gasteiger partial charge in [0, 0.05) is 54.6 Å². The normalized spacial score (nSPS) is 17.7. The van der Waals surface area contributed by atoms with Crippen LogP contribution in [0.4, 0.5) is 0 Å². The van der Waals surface area contributed by atoms with Gasteiger partial charge >= 0.3 is 0 Å². The zero-order valence-electron chi connectivity index (χ0n) is 27.2. The number of benzene rings is 3. The largest absolute Gasteiger partial charge is 0.396 e. The molecular formula is C39H38ClN5O4. The molecule has 1 fully saturated rings. The summed E-state index contributed by atoms with van der Waals surface area (Å²) in [5.41, 5.74) is 15.7. The van der Waals surface area contributed by atoms with E-state index >= 15 is 0 Å². The summed E-state index contributed by atoms with van der Waals surface area (Å²) in [4.78, 5) is 41.2. The number of halogens is 1. The Hall–Kier alpha value is -4.83. The summed E-state index contributed by atoms with van der Waals surface area (Å²) in [7, 11) is 0. The van der Waals surface area contributed by atoms with Crippen molar-refractivity contribution in [3.8, 4) is 33.4 Å². The Balaban J connectivity index is 1.14. The zero-order valence-corrected chi connectivity index (χ0v) is 28.0. The Kier molecular flexibility index (Phi) is 9.07. The molecule has 0 spiro atoms. The number of fused-ring (bicyclic) bond motifs is 2. The third-order valence-electron chi connectivity index (χ3n) is 10.1. The predicted molar refractivity (Wildman–Crippen MR) is 191 cm³/mol. The van der Waals surface area contributed by atoms with Gasteiger partial charge in [0.05, 0.1) is 17.5 Å². The lowest BCUT2D eigenvalue weighted by molar-refractivity contribution is -0.124. The third-order valence-corrected chi connectivity index (χ3v) is 10.5. The predicted octanol–water partition coefficient (Wildman–Crippen LogP) is 4.83. The van der Waals surface area contributed by atoms with Gasteiger partial charge in [-0.2, -0.15) is 0 Å². The fraction of sp³-hybridized carbons (Fsp3) is 0.282. The van der Waals surface area contributed by atoms with E-state index in [0.29, 0.717) is 48.6 Å². The number of aromatic nitrogens is 2. The molecule has 2 amide bonds. The molecule has 0 saturated carbocycles. The standard InChI is InChI=1S/C39H38ClN5O4/c1-22-30(25-12-13-45-35(17-25)43-19-28(39(45)49)18-42-20-29-10-11-36(47)44-29)4-2-5-31(22)33-7-3-6-32(37(33)40)24-9-8-23-14-27(16-26(23)15-24)34(21-46)38(41)48/h2-9,12-13,15,17,19,27,29,34,42,46H,10-11,14,16,18,20-21H2,1H3,(H2,41,48)(H,44,47)/t27-,29-,34?/m0/s1. The van der Waals surface area contributed by atoms with E-state index in [1.54, 1.807) is 16.8 Å². The number of rotatable bonds is 10. The zero-order chi connectivity index (χ0) is 34.2. The molecule has 2 aromatic heterocycles. The van der Waals surface area contributed by atoms with Gasteiger partial charge in [0.1, 0.15) is 5.65 Å². The van der Waals surface area contributed by atoms with E-state index in [-0.39, 0.29) is 30.0 Å². The highest BCUT2D eigenvalue weighted by Crippen LogP contribution is 2.41. The molecule has 10 heteroatoms. The molecule has 0 radical (unpaired) electrons. The van der Waals surface area contributed by atoms with Crippen LogP contribution in [0.25, 0.3) is 39.0 Å². The first-order valence-corrected chi connectivity index (χ1v) is 17.0. The first-order chi connectivity index (χ1) is 23.7. The highest BCUT2D eigenvalue weighted by molar-refractivity contribution is 6.36. The highest BCUT2D eigenvalue weighted by Gasteiger charge is 2.32. The third kappa shape index (κ3) is 6.37. The molecule has 3 atom stereocenters. The topological polar surface area (TPSA) is 139 Å². The van der Waals surface area contributed by atoms with Gasteiger partial charge in [-0.05, 0) is 83.2 Å². The Bertz CT molecular complexity index is 2160. The maximum Gasteiger partial charge on any atom is 0.262 e. The summed E-state index contributed by atoms with van der Waals surface area (Å²) in [6, 6.07) is 22.4. The summed E-state index contributed by atoms with van der Waals surface area (Å²) in [6.07, 6.45) is 6.13. The number of nitrogens with one attached hydrogen (secondary N) is 2. The minimum atomic E-state index is -0.559. The Labute approximate surface area is 289 Å². The number of carbonyl (C=O) groups excluding carboxylic acids is 2. The van der Waals surface area contributed by atoms with Crippen LogP contribution in [-0.4, -0.2) is 45.5 Å². The van der Waals surface area contributed by atoms with Crippen molar-refractivity contribution in [1.82, 2.24) is 20.0 Å². The molecule has 3 aromatic carbocycles. The fourth-order valence-corrected chi connectivity index (χ4v) is 7.73. The molecule has 1 unspecified atom stereocenters. The second kappa shape index (κ2) is 13.6. The van der Waals surface area contributed by atoms with Crippen molar-refractivity contribution >= 4 is 29.1 Å². The van der Waals surface area contributed by atoms with Crippen molar-refractivity contribution in [1.29, 1.82) is 0 Å². The van der Waals surface area contributed by atoms with Crippen molar-refractivity contribution in [3.05, 3.63) is 117 Å². The van der Waals surface area contributed by atoms with E-state index in [9.17, 15) is 19.5 Å². The summed E-state index contributed by atoms with van der Waals surface area (Å²) in [5, 5.41) is 16.6. The van der Waals surface area contributed by atoms with E-state index in [1.165, 1.54) is 5.56 Å². The molecule has 3 heterocycles. The van der Waals surface area contributed by atoms with Crippen LogP contribution in [0.15, 0.2) is 83.9 Å². The molecule has 1 saturated heterocycles. The van der Waals surface area contributed by atoms with Crippen molar-refractivity contribution in [2.45, 2.75) is 45.2 Å². The second-order valence-electron chi connectivity index (χ2n) is 13.2. The molecule has 7 rings (SSSR count). The second-order valence-corrected chi connectivity index (χ2v) is 13.5. The minimum absolute atomic E-state index is 0.0130. The van der Waals surface area contributed by atoms with Crippen LogP contribution in [0.5, 0.6) is 0 Å². The monoisotopic (exact) mass is 675 g/mol. The van der Waals surface area contributed by atoms with Gasteiger partial charge in [-0.3, -0.25) is 18.8 Å². The van der Waals surface area contributed by atoms with Gasteiger partial charge in [0.25, 0.3) is 5.56 Å². The van der Waals surface area contributed by atoms with Crippen molar-refractivity contribution < 1.29 is 14.7 Å². The van der Waals surface area contributed by atoms with E-state index in [1.807, 2.05) is 36.4 Å². The number of pyridine rings is 1. The number of hydrogen-bond donors (Lipinski definition) is 4. The lowest BCUT2D eigenvalue weighted by Gasteiger charge is -2.17. The van der Waals surface area contributed by atoms with E-state index < -0.39 is 11.8 Å². The number of aliphatic hydroxyl groups is 1. The summed E-state index contributed by atoms with van der Waals surface area (Å²) >= 11 is 7.17. The van der Waals surface area contributed by atoms with Crippen LogP contribution in [-0.2, 0) is 29.0 Å². The fourth-order valence-electron chi connectivity index (χ4n) is 7.39. The number of hydrogen-bond acceptors (Lipinski definition) is 6. The number of carbonyl (C=O) groups is 2. The number of amides is 2. The summed E-state index contributed by atoms with van der Waals surface area (Å²) < 4.78 is 1.56. The molecule has 9 nitrogen and oxygen atoms in total. The van der Waals surface area contributed by atoms with Gasteiger partial charge in [-0.25, -0.2) is 4.98 Å². The molecule has 2 aliphatic rings. The Morgan fingerprint density at radius 2 is 1.76 bits per heavy atom. The van der Waals surface area contributed by atoms with Crippen molar-refractivity contribution in [2.75, 3.05) is 13.2 Å². The Morgan fingerprint density at radius 1 is 1.02 bits per heavy atom. The van der Waals surface area contributed by atoms with Gasteiger partial charge in [0.2, 0.25) is 11.8 Å². The van der Waals surface area contributed by atoms with Crippen LogP contribution in [0.1, 0.15) is 35.1 Å². The average Bonchev–Trinajstić information content (AvgIpc) is 3.71. The van der Waals surface area contributed by atoms with Crippen LogP contribution in [0, 0.1) is 18.8 Å². The first kappa shape index (κ1) is 32.7. The lowest BCUT2D eigenvalue weighted by atomic mass is 9.90. The Morgan fingerprint density at radius 3 is 2.51 bits per heavy atom. The maximum absolute atomic E-state index is 13.3. The smallest absolute Gasteiger partial charge is 0.262 e. The molecule has 1 aliphatic carbocycles. The number of nitrogens with zero attached hydrogens (tertiary/aromatic N) is 2. The maximum atomic E-state index is 13.3. The number of aliphatic hydroxyl groups excluding tert-OH is 1. The van der Waals surface area contributed by atoms with E-state index in [2.05, 4.69) is 52.9 Å². The van der Waals surface area contributed by atoms with E-state index in [4.69, 9.17) is 17.3 Å². The van der Waals surface area contributed by atoms with Crippen LogP contribution in [0.2, 0.25) is 5.02 Å². The van der Waals surface area contributed by atoms with Gasteiger partial charge in [0.15, 0.2) is 0 Å². The molecule has 49 heavy (non-hydrogen) atoms. The van der Waals surface area contributed by atoms with Gasteiger partial charge < -0.3 is 21.5 Å². The van der Waals surface area contributed by atoms with Crippen LogP contribution < -0.4 is 21.9 Å². The van der Waals surface area contributed by atoms with Crippen LogP contribution in [0.3, 0.4) is 0 Å². The average molecular weight is 676 g/mol. The molecule has 0 bridgehead atoms.